The van der Waals surface area contributed by atoms with Gasteiger partial charge >= 0.3 is 0 Å². The number of H-pyrrole nitrogens is 1. The van der Waals surface area contributed by atoms with E-state index in [1.54, 1.807) is 6.07 Å². The van der Waals surface area contributed by atoms with Crippen LogP contribution in [0.5, 0.6) is 0 Å². The molecule has 0 aliphatic rings. The lowest BCUT2D eigenvalue weighted by atomic mass is 10.2. The molecule has 60 valence electrons. The molecule has 0 radical (unpaired) electrons. The van der Waals surface area contributed by atoms with Gasteiger partial charge in [0.15, 0.2) is 0 Å². The average Bonchev–Trinajstić information content (AvgIpc) is 2.51. The van der Waals surface area contributed by atoms with E-state index in [9.17, 15) is 4.79 Å². The molecule has 0 bridgehead atoms. The van der Waals surface area contributed by atoms with E-state index in [-0.39, 0.29) is 5.57 Å². The average molecular weight is 163 g/mol. The van der Waals surface area contributed by atoms with E-state index in [1.165, 1.54) is 12.3 Å². The van der Waals surface area contributed by atoms with Crippen molar-refractivity contribution < 1.29 is 4.79 Å². The second kappa shape index (κ2) is 3.30. The van der Waals surface area contributed by atoms with Crippen molar-refractivity contribution in [3.63, 3.8) is 0 Å². The van der Waals surface area contributed by atoms with Crippen molar-refractivity contribution >= 4 is 12.0 Å². The van der Waals surface area contributed by atoms with Crippen LogP contribution in [0.1, 0.15) is 5.69 Å². The Morgan fingerprint density at radius 2 is 2.58 bits per heavy atom. The van der Waals surface area contributed by atoms with Crippen LogP contribution in [0.25, 0.3) is 6.08 Å². The Bertz CT molecular complexity index is 345. The lowest BCUT2D eigenvalue weighted by Crippen LogP contribution is -2.12. The molecule has 6 nitrogen and oxygen atoms in total. The van der Waals surface area contributed by atoms with Gasteiger partial charge in [-0.15, -0.1) is 0 Å². The summed E-state index contributed by atoms with van der Waals surface area (Å²) < 4.78 is 0. The van der Waals surface area contributed by atoms with E-state index in [0.29, 0.717) is 5.69 Å². The van der Waals surface area contributed by atoms with Crippen molar-refractivity contribution in [2.45, 2.75) is 0 Å². The summed E-state index contributed by atoms with van der Waals surface area (Å²) in [6.45, 7) is 0. The Hall–Kier alpha value is -2.16. The molecule has 0 saturated carbocycles. The Balaban J connectivity index is 2.95. The zero-order valence-corrected chi connectivity index (χ0v) is 5.98. The van der Waals surface area contributed by atoms with Crippen LogP contribution in [-0.4, -0.2) is 21.3 Å². The van der Waals surface area contributed by atoms with E-state index in [1.807, 2.05) is 0 Å². The van der Waals surface area contributed by atoms with Crippen LogP contribution >= 0.6 is 0 Å². The van der Waals surface area contributed by atoms with E-state index >= 15 is 0 Å². The van der Waals surface area contributed by atoms with Crippen LogP contribution < -0.4 is 5.73 Å². The van der Waals surface area contributed by atoms with Crippen LogP contribution in [0.2, 0.25) is 0 Å². The predicted octanol–water partition coefficient (Wildman–Crippen LogP) is -0.803. The maximum Gasteiger partial charge on any atom is 0.259 e. The normalized spacial score (nSPS) is 10.8. The molecule has 0 atom stereocenters. The van der Waals surface area contributed by atoms with Gasteiger partial charge in [-0.05, 0) is 6.08 Å². The fourth-order valence-corrected chi connectivity index (χ4v) is 0.586. The molecule has 0 aliphatic carbocycles. The van der Waals surface area contributed by atoms with Gasteiger partial charge in [0.25, 0.3) is 5.91 Å². The van der Waals surface area contributed by atoms with E-state index in [2.05, 4.69) is 15.4 Å². The highest BCUT2D eigenvalue weighted by molar-refractivity contribution is 6.00. The number of nitrogens with two attached hydrogens (primary N) is 1. The topological polar surface area (TPSA) is 108 Å². The summed E-state index contributed by atoms with van der Waals surface area (Å²) in [6, 6.07) is 1.64. The van der Waals surface area contributed by atoms with Gasteiger partial charge in [0.2, 0.25) is 0 Å². The Morgan fingerprint density at radius 1 is 1.83 bits per heavy atom. The molecule has 12 heavy (non-hydrogen) atoms. The molecule has 0 aromatic carbocycles. The molecule has 1 aromatic heterocycles. The van der Waals surface area contributed by atoms with Gasteiger partial charge in [-0.25, -0.2) is 0 Å². The number of nitriles is 1. The van der Waals surface area contributed by atoms with Crippen molar-refractivity contribution in [3.05, 3.63) is 17.5 Å². The predicted molar refractivity (Wildman–Crippen MR) is 39.2 cm³/mol. The molecule has 0 spiro atoms. The van der Waals surface area contributed by atoms with Gasteiger partial charge < -0.3 is 5.73 Å². The second-order valence-corrected chi connectivity index (χ2v) is 1.93. The number of nitrogens with one attached hydrogen (secondary N) is 1. The van der Waals surface area contributed by atoms with Crippen LogP contribution in [-0.2, 0) is 4.79 Å². The van der Waals surface area contributed by atoms with E-state index in [4.69, 9.17) is 11.0 Å². The standard InChI is InChI=1S/C6H5N5O/c7-2-4(6(8)12)1-5-3-9-11-10-5/h1,3H,(H2,8,12)(H,9,10,11)/b4-1-. The molecule has 0 fully saturated rings. The minimum Gasteiger partial charge on any atom is -0.365 e. The molecular weight excluding hydrogens is 158 g/mol. The number of carbonyl (C=O) groups excluding carboxylic acids is 1. The summed E-state index contributed by atoms with van der Waals surface area (Å²) in [6.07, 6.45) is 2.63. The molecule has 0 saturated heterocycles. The lowest BCUT2D eigenvalue weighted by Gasteiger charge is -1.86. The summed E-state index contributed by atoms with van der Waals surface area (Å²) in [4.78, 5) is 10.5. The highest BCUT2D eigenvalue weighted by Gasteiger charge is 2.03. The Kier molecular flexibility index (Phi) is 2.18. The third-order valence-corrected chi connectivity index (χ3v) is 1.11. The molecule has 0 unspecified atom stereocenters. The number of primary amides is 1. The largest absolute Gasteiger partial charge is 0.365 e. The first-order valence-electron chi connectivity index (χ1n) is 3.01. The van der Waals surface area contributed by atoms with Crippen LogP contribution in [0.4, 0.5) is 0 Å². The van der Waals surface area contributed by atoms with Gasteiger partial charge in [-0.1, -0.05) is 0 Å². The number of hydrogen-bond acceptors (Lipinski definition) is 4. The molecule has 1 heterocycles. The Morgan fingerprint density at radius 3 is 3.00 bits per heavy atom. The monoisotopic (exact) mass is 163 g/mol. The van der Waals surface area contributed by atoms with Gasteiger partial charge in [-0.2, -0.15) is 20.7 Å². The third kappa shape index (κ3) is 1.67. The summed E-state index contributed by atoms with van der Waals surface area (Å²) in [5.74, 6) is -0.777. The quantitative estimate of drug-likeness (QED) is 0.439. The fraction of sp³-hybridized carbons (Fsp3) is 0. The van der Waals surface area contributed by atoms with E-state index < -0.39 is 5.91 Å². The Labute approximate surface area is 67.7 Å². The molecule has 1 aromatic rings. The summed E-state index contributed by atoms with van der Waals surface area (Å²) >= 11 is 0. The number of amides is 1. The van der Waals surface area contributed by atoms with Crippen LogP contribution in [0.15, 0.2) is 11.8 Å². The fourth-order valence-electron chi connectivity index (χ4n) is 0.586. The highest BCUT2D eigenvalue weighted by atomic mass is 16.1. The third-order valence-electron chi connectivity index (χ3n) is 1.11. The van der Waals surface area contributed by atoms with Crippen molar-refractivity contribution in [1.82, 2.24) is 15.4 Å². The highest BCUT2D eigenvalue weighted by Crippen LogP contribution is 1.99. The zero-order chi connectivity index (χ0) is 8.97. The number of hydrogen-bond donors (Lipinski definition) is 2. The SMILES string of the molecule is N#C/C(=C/c1cn[nH]n1)C(N)=O. The number of aromatic amines is 1. The maximum atomic E-state index is 10.5. The maximum absolute atomic E-state index is 10.5. The number of nitrogens with zero attached hydrogens (tertiary/aromatic N) is 3. The van der Waals surface area contributed by atoms with Crippen molar-refractivity contribution in [2.24, 2.45) is 5.73 Å². The van der Waals surface area contributed by atoms with Gasteiger partial charge in [0, 0.05) is 0 Å². The first-order chi connectivity index (χ1) is 5.74. The summed E-state index contributed by atoms with van der Waals surface area (Å²) in [5, 5.41) is 17.9. The van der Waals surface area contributed by atoms with Gasteiger partial charge in [-0.3, -0.25) is 4.79 Å². The molecule has 1 rings (SSSR count). The molecule has 3 N–H and O–H groups in total. The second-order valence-electron chi connectivity index (χ2n) is 1.93. The van der Waals surface area contributed by atoms with Gasteiger partial charge in [0.1, 0.15) is 17.3 Å². The van der Waals surface area contributed by atoms with Gasteiger partial charge in [0.05, 0.1) is 6.20 Å². The first-order valence-corrected chi connectivity index (χ1v) is 3.01. The van der Waals surface area contributed by atoms with Crippen molar-refractivity contribution in [1.29, 1.82) is 5.26 Å². The smallest absolute Gasteiger partial charge is 0.259 e. The van der Waals surface area contributed by atoms with Crippen molar-refractivity contribution in [3.8, 4) is 6.07 Å². The van der Waals surface area contributed by atoms with Crippen LogP contribution in [0.3, 0.4) is 0 Å². The molecule has 6 heteroatoms. The lowest BCUT2D eigenvalue weighted by molar-refractivity contribution is -0.114. The molecule has 1 amide bonds. The number of rotatable bonds is 2. The first kappa shape index (κ1) is 7.94. The summed E-state index contributed by atoms with van der Waals surface area (Å²) in [7, 11) is 0. The minimum absolute atomic E-state index is 0.149. The molecular formula is C6H5N5O. The van der Waals surface area contributed by atoms with E-state index in [0.717, 1.165) is 0 Å². The summed E-state index contributed by atoms with van der Waals surface area (Å²) in [5.41, 5.74) is 5.12. The number of carbonyl (C=O) groups is 1. The minimum atomic E-state index is -0.777. The molecule has 0 aliphatic heterocycles. The van der Waals surface area contributed by atoms with Crippen LogP contribution in [0, 0.1) is 11.3 Å². The zero-order valence-electron chi connectivity index (χ0n) is 5.98. The van der Waals surface area contributed by atoms with Crippen molar-refractivity contribution in [2.75, 3.05) is 0 Å². The number of aromatic nitrogens is 3.